The number of phosphoric acid groups is 1. The molecule has 0 aromatic heterocycles. The zero-order valence-electron chi connectivity index (χ0n) is 40.1. The third kappa shape index (κ3) is 31.6. The number of hydrogen-bond acceptors (Lipinski definition) is 10. The number of hydrogen-bond donors (Lipinski definition) is 8. The molecule has 0 radical (unpaired) electrons. The Kier molecular flexibility index (Phi) is 38.3. The Bertz CT molecular complexity index is 1120. The van der Waals surface area contributed by atoms with Crippen LogP contribution in [0.15, 0.2) is 12.2 Å². The van der Waals surface area contributed by atoms with Crippen LogP contribution in [0.25, 0.3) is 0 Å². The number of phosphoric ester groups is 1. The normalized spacial score (nSPS) is 22.4. The molecule has 1 aliphatic rings. The fourth-order valence-electron chi connectivity index (χ4n) is 8.55. The van der Waals surface area contributed by atoms with E-state index in [0.717, 1.165) is 44.9 Å². The number of amides is 1. The molecule has 63 heavy (non-hydrogen) atoms. The Morgan fingerprint density at radius 3 is 1.21 bits per heavy atom. The smallest absolute Gasteiger partial charge is 0.387 e. The number of nitrogens with one attached hydrogen (secondary N) is 1. The highest BCUT2D eigenvalue weighted by atomic mass is 31.2. The second kappa shape index (κ2) is 40.2. The summed E-state index contributed by atoms with van der Waals surface area (Å²) in [5.74, 6) is -0.336. The summed E-state index contributed by atoms with van der Waals surface area (Å²) in [4.78, 5) is 23.4. The summed E-state index contributed by atoms with van der Waals surface area (Å²) < 4.78 is 22.9. The van der Waals surface area contributed by atoms with Crippen molar-refractivity contribution in [2.24, 2.45) is 0 Å². The maximum Gasteiger partial charge on any atom is 0.472 e. The fraction of sp³-hybridized carbons (Fsp3) is 0.940. The molecule has 1 saturated carbocycles. The molecular weight excluding hydrogens is 822 g/mol. The highest BCUT2D eigenvalue weighted by Gasteiger charge is 2.51. The standard InChI is InChI=1S/C50H98NO11P/c1-3-5-7-9-11-13-15-17-18-19-20-21-22-23-24-25-26-27-28-30-32-34-36-38-40-44(53)51-42(43(52)39-37-35-33-31-29-16-14-12-10-8-6-4-2)41-61-63(59,60)62-50-48(57)46(55)45(54)47(56)49(50)58/h37,39,42-43,45-50,52,54-58H,3-36,38,40-41H2,1-2H3,(H,51,53)(H,59,60)/b39-37+/t42-,43+,45?,46+,47?,48?,49?,50?/m0/s1. The Morgan fingerprint density at radius 1 is 0.524 bits per heavy atom. The molecule has 0 bridgehead atoms. The van der Waals surface area contributed by atoms with E-state index in [4.69, 9.17) is 9.05 Å². The first-order chi connectivity index (χ1) is 30.4. The molecule has 0 heterocycles. The maximum atomic E-state index is 13.0. The zero-order chi connectivity index (χ0) is 46.4. The molecule has 0 aromatic carbocycles. The lowest BCUT2D eigenvalue weighted by atomic mass is 9.85. The van der Waals surface area contributed by atoms with E-state index in [1.165, 1.54) is 179 Å². The summed E-state index contributed by atoms with van der Waals surface area (Å²) in [5, 5.41) is 64.1. The Hall–Kier alpha value is -0.920. The molecular formula is C50H98NO11P. The first-order valence-electron chi connectivity index (χ1n) is 26.1. The minimum atomic E-state index is -5.08. The lowest BCUT2D eigenvalue weighted by Gasteiger charge is -2.41. The number of carbonyl (C=O) groups excluding carboxylic acids is 1. The van der Waals surface area contributed by atoms with Crippen molar-refractivity contribution in [3.63, 3.8) is 0 Å². The molecule has 0 aromatic rings. The van der Waals surface area contributed by atoms with Crippen LogP contribution in [0.3, 0.4) is 0 Å². The molecule has 1 amide bonds. The van der Waals surface area contributed by atoms with Gasteiger partial charge in [-0.2, -0.15) is 0 Å². The van der Waals surface area contributed by atoms with E-state index < -0.39 is 63.2 Å². The minimum Gasteiger partial charge on any atom is -0.387 e. The summed E-state index contributed by atoms with van der Waals surface area (Å²) in [7, 11) is -5.08. The Balaban J connectivity index is 2.33. The monoisotopic (exact) mass is 920 g/mol. The van der Waals surface area contributed by atoms with Gasteiger partial charge in [-0.15, -0.1) is 0 Å². The molecule has 1 aliphatic carbocycles. The average molecular weight is 920 g/mol. The first kappa shape index (κ1) is 60.1. The summed E-state index contributed by atoms with van der Waals surface area (Å²) >= 11 is 0. The van der Waals surface area contributed by atoms with Gasteiger partial charge >= 0.3 is 7.82 Å². The van der Waals surface area contributed by atoms with Crippen molar-refractivity contribution in [2.45, 2.75) is 294 Å². The molecule has 0 saturated heterocycles. The number of aliphatic hydroxyl groups is 6. The van der Waals surface area contributed by atoms with Crippen molar-refractivity contribution in [1.29, 1.82) is 0 Å². The lowest BCUT2D eigenvalue weighted by Crippen LogP contribution is -2.64. The summed E-state index contributed by atoms with van der Waals surface area (Å²) in [6, 6.07) is -1.11. The number of unbranched alkanes of at least 4 members (excludes halogenated alkanes) is 33. The van der Waals surface area contributed by atoms with Crippen molar-refractivity contribution in [2.75, 3.05) is 6.61 Å². The predicted octanol–water partition coefficient (Wildman–Crippen LogP) is 10.8. The van der Waals surface area contributed by atoms with Crippen molar-refractivity contribution in [3.05, 3.63) is 12.2 Å². The van der Waals surface area contributed by atoms with Gasteiger partial charge in [-0.25, -0.2) is 4.57 Å². The van der Waals surface area contributed by atoms with Gasteiger partial charge in [-0.1, -0.05) is 231 Å². The number of carbonyl (C=O) groups is 1. The van der Waals surface area contributed by atoms with Gasteiger partial charge in [0.05, 0.1) is 18.8 Å². The van der Waals surface area contributed by atoms with E-state index >= 15 is 0 Å². The third-order valence-electron chi connectivity index (χ3n) is 12.8. The van der Waals surface area contributed by atoms with Crippen LogP contribution in [0, 0.1) is 0 Å². The van der Waals surface area contributed by atoms with Gasteiger partial charge in [-0.3, -0.25) is 13.8 Å². The minimum absolute atomic E-state index is 0.219. The van der Waals surface area contributed by atoms with Gasteiger partial charge in [0.15, 0.2) is 0 Å². The van der Waals surface area contributed by atoms with Crippen LogP contribution >= 0.6 is 7.82 Å². The van der Waals surface area contributed by atoms with E-state index in [-0.39, 0.29) is 12.3 Å². The van der Waals surface area contributed by atoms with Crippen LogP contribution in [0.1, 0.15) is 245 Å². The Morgan fingerprint density at radius 2 is 0.841 bits per heavy atom. The molecule has 12 nitrogen and oxygen atoms in total. The molecule has 374 valence electrons. The zero-order valence-corrected chi connectivity index (χ0v) is 41.0. The molecule has 1 rings (SSSR count). The highest BCUT2D eigenvalue weighted by Crippen LogP contribution is 2.47. The van der Waals surface area contributed by atoms with Crippen molar-refractivity contribution < 1.29 is 53.9 Å². The Labute approximate surface area is 384 Å². The van der Waals surface area contributed by atoms with Crippen molar-refractivity contribution in [1.82, 2.24) is 5.32 Å². The number of rotatable bonds is 44. The largest absolute Gasteiger partial charge is 0.472 e. The van der Waals surface area contributed by atoms with Gasteiger partial charge in [0.1, 0.15) is 36.6 Å². The maximum absolute atomic E-state index is 13.0. The highest BCUT2D eigenvalue weighted by molar-refractivity contribution is 7.47. The van der Waals surface area contributed by atoms with E-state index in [1.807, 2.05) is 6.08 Å². The molecule has 9 atom stereocenters. The van der Waals surface area contributed by atoms with Gasteiger partial charge < -0.3 is 40.8 Å². The van der Waals surface area contributed by atoms with Crippen molar-refractivity contribution in [3.8, 4) is 0 Å². The van der Waals surface area contributed by atoms with Gasteiger partial charge in [0.25, 0.3) is 0 Å². The molecule has 0 aliphatic heterocycles. The van der Waals surface area contributed by atoms with Gasteiger partial charge in [0, 0.05) is 6.42 Å². The molecule has 8 N–H and O–H groups in total. The fourth-order valence-corrected chi connectivity index (χ4v) is 9.52. The average Bonchev–Trinajstić information content (AvgIpc) is 3.27. The second-order valence-corrected chi connectivity index (χ2v) is 20.1. The van der Waals surface area contributed by atoms with Gasteiger partial charge in [0.2, 0.25) is 5.91 Å². The van der Waals surface area contributed by atoms with Crippen LogP contribution in [0.2, 0.25) is 0 Å². The van der Waals surface area contributed by atoms with Crippen LogP contribution in [0.4, 0.5) is 0 Å². The van der Waals surface area contributed by atoms with E-state index in [0.29, 0.717) is 6.42 Å². The topological polar surface area (TPSA) is 206 Å². The first-order valence-corrected chi connectivity index (χ1v) is 27.6. The van der Waals surface area contributed by atoms with E-state index in [9.17, 15) is 44.9 Å². The second-order valence-electron chi connectivity index (χ2n) is 18.7. The quantitative estimate of drug-likeness (QED) is 0.0164. The van der Waals surface area contributed by atoms with Crippen LogP contribution in [-0.4, -0.2) is 96.8 Å². The molecule has 6 unspecified atom stereocenters. The lowest BCUT2D eigenvalue weighted by molar-refractivity contribution is -0.220. The van der Waals surface area contributed by atoms with Gasteiger partial charge in [-0.05, 0) is 19.3 Å². The van der Waals surface area contributed by atoms with Crippen molar-refractivity contribution >= 4 is 13.7 Å². The number of allylic oxidation sites excluding steroid dienone is 1. The SMILES string of the molecule is CCCCCCCCCCCC/C=C/[C@@H](O)[C@H](COP(=O)(O)OC1C(O)C(O)C(O)[C@@H](O)C1O)NC(=O)CCCCCCCCCCCCCCCCCCCCCCCCCC. The predicted molar refractivity (Wildman–Crippen MR) is 255 cm³/mol. The number of aliphatic hydroxyl groups excluding tert-OH is 6. The third-order valence-corrected chi connectivity index (χ3v) is 13.8. The molecule has 1 fully saturated rings. The summed E-state index contributed by atoms with van der Waals surface area (Å²) in [6.07, 6.45) is 34.4. The van der Waals surface area contributed by atoms with Crippen LogP contribution in [0.5, 0.6) is 0 Å². The molecule has 0 spiro atoms. The van der Waals surface area contributed by atoms with E-state index in [1.54, 1.807) is 0 Å². The molecule has 13 heteroatoms. The van der Waals surface area contributed by atoms with Crippen LogP contribution in [-0.2, 0) is 18.4 Å². The summed E-state index contributed by atoms with van der Waals surface area (Å²) in [6.45, 7) is 3.85. The van der Waals surface area contributed by atoms with Crippen LogP contribution < -0.4 is 5.32 Å². The summed E-state index contributed by atoms with van der Waals surface area (Å²) in [5.41, 5.74) is 0. The van der Waals surface area contributed by atoms with E-state index in [2.05, 4.69) is 19.2 Å².